The third-order valence-corrected chi connectivity index (χ3v) is 9.89. The van der Waals surface area contributed by atoms with Crippen molar-refractivity contribution in [1.29, 1.82) is 0 Å². The van der Waals surface area contributed by atoms with Crippen LogP contribution in [0.5, 0.6) is 0 Å². The van der Waals surface area contributed by atoms with Crippen molar-refractivity contribution in [2.45, 2.75) is 107 Å². The summed E-state index contributed by atoms with van der Waals surface area (Å²) in [7, 11) is 2.41. The predicted molar refractivity (Wildman–Crippen MR) is 153 cm³/mol. The van der Waals surface area contributed by atoms with Crippen molar-refractivity contribution in [3.05, 3.63) is 0 Å². The first-order chi connectivity index (χ1) is 19.9. The molecule has 4 fully saturated rings. The molecule has 42 heavy (non-hydrogen) atoms. The lowest BCUT2D eigenvalue weighted by atomic mass is 9.66. The second-order valence-corrected chi connectivity index (χ2v) is 12.3. The van der Waals surface area contributed by atoms with Crippen LogP contribution >= 0.6 is 0 Å². The molecule has 9 N–H and O–H groups in total. The Balaban J connectivity index is 0.000000354. The quantitative estimate of drug-likeness (QED) is 0.169. The average Bonchev–Trinajstić information content (AvgIpc) is 3.60. The lowest BCUT2D eigenvalue weighted by Crippen LogP contribution is -2.38. The van der Waals surface area contributed by atoms with Crippen LogP contribution in [0, 0.1) is 35.5 Å². The second kappa shape index (κ2) is 19.7. The lowest BCUT2D eigenvalue weighted by molar-refractivity contribution is -0.193. The maximum absolute atomic E-state index is 14.3. The first-order valence-corrected chi connectivity index (χ1v) is 15.1. The molecule has 4 rings (SSSR count). The minimum Gasteiger partial charge on any atom is -0.451 e. The Morgan fingerprint density at radius 1 is 0.762 bits per heavy atom. The highest BCUT2D eigenvalue weighted by atomic mass is 19.1. The molecular weight excluding hydrogens is 552 g/mol. The molecule has 0 aromatic heterocycles. The number of halogens is 2. The molecule has 4 saturated carbocycles. The Bertz CT molecular complexity index is 824. The summed E-state index contributed by atoms with van der Waals surface area (Å²) in [5.41, 5.74) is 12.3. The molecule has 0 aromatic rings. The highest BCUT2D eigenvalue weighted by molar-refractivity contribution is 6.48. The molecule has 0 aliphatic heterocycles. The maximum Gasteiger partial charge on any atom is 0.451 e. The Morgan fingerprint density at radius 2 is 1.26 bits per heavy atom. The van der Waals surface area contributed by atoms with Gasteiger partial charge in [0.2, 0.25) is 0 Å². The summed E-state index contributed by atoms with van der Waals surface area (Å²) in [6, 6.07) is 0.224. The van der Waals surface area contributed by atoms with Gasteiger partial charge in [-0.2, -0.15) is 19.2 Å². The van der Waals surface area contributed by atoms with Gasteiger partial charge in [0, 0.05) is 24.2 Å². The number of carbonyl (C=O) groups excluding carboxylic acids is 4. The zero-order valence-electron chi connectivity index (χ0n) is 25.0. The van der Waals surface area contributed by atoms with Gasteiger partial charge in [0.1, 0.15) is 12.3 Å². The summed E-state index contributed by atoms with van der Waals surface area (Å²) in [6.07, 6.45) is 7.25. The van der Waals surface area contributed by atoms with Gasteiger partial charge >= 0.3 is 19.4 Å². The molecule has 0 bridgehead atoms. The van der Waals surface area contributed by atoms with Gasteiger partial charge in [-0.1, -0.05) is 19.7 Å². The molecule has 15 heteroatoms. The minimum atomic E-state index is -1.26. The zero-order chi connectivity index (χ0) is 32.0. The van der Waals surface area contributed by atoms with Crippen molar-refractivity contribution in [3.8, 4) is 0 Å². The fraction of sp³-hybridized carbons (Fsp3) is 0.926. The summed E-state index contributed by atoms with van der Waals surface area (Å²) in [5, 5.41) is 33.2. The van der Waals surface area contributed by atoms with Crippen LogP contribution < -0.4 is 22.1 Å². The molecular formula is C27H50B2F2N4O7. The highest BCUT2D eigenvalue weighted by Crippen LogP contribution is 2.51. The van der Waals surface area contributed by atoms with E-state index >= 15 is 0 Å². The Kier molecular flexibility index (Phi) is 18.0. The van der Waals surface area contributed by atoms with Gasteiger partial charge in [-0.05, 0) is 101 Å². The van der Waals surface area contributed by atoms with E-state index in [1.807, 2.05) is 20.9 Å². The number of fused-ring (bicyclic) bond motifs is 2. The summed E-state index contributed by atoms with van der Waals surface area (Å²) < 4.78 is 28.5. The molecule has 12 unspecified atom stereocenters. The van der Waals surface area contributed by atoms with Crippen LogP contribution in [-0.2, 0) is 19.2 Å². The van der Waals surface area contributed by atoms with Crippen LogP contribution in [-0.4, -0.2) is 92.0 Å². The normalized spacial score (nSPS) is 37.4. The number of rotatable bonds is 10. The van der Waals surface area contributed by atoms with E-state index in [1.54, 1.807) is 0 Å². The summed E-state index contributed by atoms with van der Waals surface area (Å²) >= 11 is 0. The third kappa shape index (κ3) is 10.9. The van der Waals surface area contributed by atoms with E-state index in [1.165, 1.54) is 0 Å². The van der Waals surface area contributed by atoms with Crippen LogP contribution in [0.2, 0.25) is 19.5 Å². The van der Waals surface area contributed by atoms with E-state index in [0.717, 1.165) is 51.3 Å². The Morgan fingerprint density at radius 3 is 1.79 bits per heavy atom. The molecule has 0 spiro atoms. The topological polar surface area (TPSA) is 205 Å². The smallest absolute Gasteiger partial charge is 0.451 e. The SMILES string of the molecule is CNC1CC2C(CCCB(C)O)C(N)CC2C1F.CNC1CC2CC(N)C(CCCB(O)O)C2C1F.O=C=O.O=C=O. The fourth-order valence-electron chi connectivity index (χ4n) is 8.10. The number of hydrogen-bond acceptors (Lipinski definition) is 11. The van der Waals surface area contributed by atoms with E-state index in [4.69, 9.17) is 40.7 Å². The van der Waals surface area contributed by atoms with Crippen LogP contribution in [0.1, 0.15) is 51.4 Å². The molecule has 0 amide bonds. The van der Waals surface area contributed by atoms with E-state index in [9.17, 15) is 13.8 Å². The van der Waals surface area contributed by atoms with Gasteiger partial charge in [-0.25, -0.2) is 8.78 Å². The summed E-state index contributed by atoms with van der Waals surface area (Å²) in [5.74, 6) is 1.72. The maximum atomic E-state index is 14.3. The van der Waals surface area contributed by atoms with Gasteiger partial charge in [0.05, 0.1) is 0 Å². The van der Waals surface area contributed by atoms with E-state index in [0.29, 0.717) is 30.5 Å². The molecule has 0 heterocycles. The number of alkyl halides is 2. The molecule has 240 valence electrons. The molecule has 0 radical (unpaired) electrons. The first-order valence-electron chi connectivity index (χ1n) is 15.1. The standard InChI is InChI=1S/C13H26BFN2O.C12H24BFN2O2.2CO2/c1-14(18)5-3-4-8-9-7-12(17-2)13(15)10(9)6-11(8)16;1-16-10-6-7-5-9(15)8(11(7)12(10)14)3-2-4-13(17)18;2*2-1-3/h8-13,17-18H,3-7,16H2,1-2H3;7-12,16-18H,2-6,15H2,1H3;;. The van der Waals surface area contributed by atoms with E-state index in [2.05, 4.69) is 10.6 Å². The minimum absolute atomic E-state index is 0.0202. The highest BCUT2D eigenvalue weighted by Gasteiger charge is 2.53. The molecule has 0 aromatic carbocycles. The second-order valence-electron chi connectivity index (χ2n) is 12.3. The number of nitrogens with one attached hydrogen (secondary N) is 2. The van der Waals surface area contributed by atoms with Gasteiger partial charge in [0.15, 0.2) is 0 Å². The van der Waals surface area contributed by atoms with Crippen molar-refractivity contribution in [2.75, 3.05) is 14.1 Å². The van der Waals surface area contributed by atoms with E-state index in [-0.39, 0.29) is 61.1 Å². The largest absolute Gasteiger partial charge is 0.451 e. The number of hydrogen-bond donors (Lipinski definition) is 7. The van der Waals surface area contributed by atoms with Crippen molar-refractivity contribution in [1.82, 2.24) is 10.6 Å². The Labute approximate surface area is 248 Å². The average molecular weight is 602 g/mol. The van der Waals surface area contributed by atoms with Crippen molar-refractivity contribution < 1.29 is 43.0 Å². The first kappa shape index (κ1) is 38.5. The molecule has 0 saturated heterocycles. The Hall–Kier alpha value is -1.53. The molecule has 12 atom stereocenters. The van der Waals surface area contributed by atoms with Crippen LogP contribution in [0.4, 0.5) is 8.78 Å². The fourth-order valence-corrected chi connectivity index (χ4v) is 8.10. The lowest BCUT2D eigenvalue weighted by Gasteiger charge is -2.25. The van der Waals surface area contributed by atoms with Crippen molar-refractivity contribution >= 4 is 26.3 Å². The monoisotopic (exact) mass is 602 g/mol. The van der Waals surface area contributed by atoms with Gasteiger partial charge in [-0.15, -0.1) is 0 Å². The van der Waals surface area contributed by atoms with Crippen LogP contribution in [0.15, 0.2) is 0 Å². The molecule has 11 nitrogen and oxygen atoms in total. The van der Waals surface area contributed by atoms with Crippen molar-refractivity contribution in [2.24, 2.45) is 47.0 Å². The predicted octanol–water partition coefficient (Wildman–Crippen LogP) is 0.271. The molecule has 4 aliphatic carbocycles. The third-order valence-electron chi connectivity index (χ3n) is 9.89. The van der Waals surface area contributed by atoms with Gasteiger partial charge in [0.25, 0.3) is 6.92 Å². The van der Waals surface area contributed by atoms with E-state index < -0.39 is 19.5 Å². The number of nitrogens with two attached hydrogens (primary N) is 2. The zero-order valence-corrected chi connectivity index (χ0v) is 25.0. The van der Waals surface area contributed by atoms with Crippen molar-refractivity contribution in [3.63, 3.8) is 0 Å². The summed E-state index contributed by atoms with van der Waals surface area (Å²) in [6.45, 7) is 1.59. The van der Waals surface area contributed by atoms with Crippen LogP contribution in [0.25, 0.3) is 0 Å². The molecule has 4 aliphatic rings. The van der Waals surface area contributed by atoms with Crippen LogP contribution in [0.3, 0.4) is 0 Å². The summed E-state index contributed by atoms with van der Waals surface area (Å²) in [4.78, 5) is 32.5. The van der Waals surface area contributed by atoms with Gasteiger partial charge < -0.3 is 37.2 Å². The van der Waals surface area contributed by atoms with Gasteiger partial charge in [-0.3, -0.25) is 0 Å².